The molecule has 1 aliphatic heterocycles. The Balaban J connectivity index is 2.40. The lowest BCUT2D eigenvalue weighted by molar-refractivity contribution is -0.395. The van der Waals surface area contributed by atoms with Crippen LogP contribution in [0, 0.1) is 26.0 Å². The Labute approximate surface area is 132 Å². The van der Waals surface area contributed by atoms with Crippen molar-refractivity contribution in [3.63, 3.8) is 0 Å². The number of anilines is 1. The fourth-order valence-electron chi connectivity index (χ4n) is 2.00. The van der Waals surface area contributed by atoms with Gasteiger partial charge in [-0.15, -0.1) is 0 Å². The molecule has 24 heavy (non-hydrogen) atoms. The van der Waals surface area contributed by atoms with Crippen molar-refractivity contribution in [1.29, 1.82) is 0 Å². The van der Waals surface area contributed by atoms with Gasteiger partial charge in [-0.3, -0.25) is 34.7 Å². The van der Waals surface area contributed by atoms with Crippen LogP contribution in [0.4, 0.5) is 21.5 Å². The Bertz CT molecular complexity index is 792. The van der Waals surface area contributed by atoms with Crippen LogP contribution < -0.4 is 5.32 Å². The molecule has 0 aliphatic carbocycles. The number of carbonyl (C=O) groups is 2. The smallest absolute Gasteiger partial charge is 0.311 e. The molecule has 1 aromatic rings. The Hall–Kier alpha value is -3.41. The summed E-state index contributed by atoms with van der Waals surface area (Å²) in [6.45, 7) is -0.763. The number of rotatable bonds is 6. The van der Waals surface area contributed by atoms with Gasteiger partial charge < -0.3 is 10.4 Å². The molecular weight excluding hydrogens is 331 g/mol. The molecule has 2 rings (SSSR count). The van der Waals surface area contributed by atoms with Crippen LogP contribution in [0.25, 0.3) is 0 Å². The summed E-state index contributed by atoms with van der Waals surface area (Å²) in [5.41, 5.74) is -2.85. The number of aliphatic hydroxyl groups excluding tert-OH is 1. The second-order valence-electron chi connectivity index (χ2n) is 4.54. The molecule has 2 amide bonds. The predicted molar refractivity (Wildman–Crippen MR) is 75.2 cm³/mol. The van der Waals surface area contributed by atoms with Crippen molar-refractivity contribution in [2.75, 3.05) is 18.5 Å². The summed E-state index contributed by atoms with van der Waals surface area (Å²) in [5, 5.41) is 32.7. The van der Waals surface area contributed by atoms with Gasteiger partial charge in [0, 0.05) is 12.1 Å². The van der Waals surface area contributed by atoms with Gasteiger partial charge in [0.25, 0.3) is 17.5 Å². The van der Waals surface area contributed by atoms with Crippen LogP contribution in [0.5, 0.6) is 0 Å². The lowest BCUT2D eigenvalue weighted by Gasteiger charge is -2.13. The Morgan fingerprint density at radius 1 is 1.17 bits per heavy atom. The van der Waals surface area contributed by atoms with E-state index >= 15 is 0 Å². The molecule has 0 radical (unpaired) electrons. The maximum absolute atomic E-state index is 13.7. The molecule has 0 atom stereocenters. The van der Waals surface area contributed by atoms with Crippen molar-refractivity contribution in [1.82, 2.24) is 4.90 Å². The van der Waals surface area contributed by atoms with Gasteiger partial charge >= 0.3 is 5.69 Å². The number of benzene rings is 1. The number of amides is 2. The fourth-order valence-corrected chi connectivity index (χ4v) is 2.00. The Morgan fingerprint density at radius 2 is 1.79 bits per heavy atom. The summed E-state index contributed by atoms with van der Waals surface area (Å²) >= 11 is 0. The molecule has 0 aromatic heterocycles. The van der Waals surface area contributed by atoms with Gasteiger partial charge in [-0.2, -0.15) is 4.39 Å². The monoisotopic (exact) mass is 340 g/mol. The van der Waals surface area contributed by atoms with E-state index < -0.39 is 51.1 Å². The topological polar surface area (TPSA) is 156 Å². The average Bonchev–Trinajstić information content (AvgIpc) is 2.74. The summed E-state index contributed by atoms with van der Waals surface area (Å²) in [5.74, 6) is -2.98. The first kappa shape index (κ1) is 17.0. The highest BCUT2D eigenvalue weighted by atomic mass is 19.1. The normalized spacial score (nSPS) is 13.9. The maximum Gasteiger partial charge on any atom is 0.311 e. The molecule has 0 saturated carbocycles. The highest BCUT2D eigenvalue weighted by Crippen LogP contribution is 2.33. The molecule has 0 spiro atoms. The van der Waals surface area contributed by atoms with Crippen molar-refractivity contribution in [3.8, 4) is 0 Å². The third-order valence-corrected chi connectivity index (χ3v) is 3.06. The van der Waals surface area contributed by atoms with E-state index in [1.54, 1.807) is 0 Å². The van der Waals surface area contributed by atoms with Crippen molar-refractivity contribution in [2.24, 2.45) is 0 Å². The molecule has 1 heterocycles. The second-order valence-corrected chi connectivity index (χ2v) is 4.54. The van der Waals surface area contributed by atoms with E-state index in [-0.39, 0.29) is 12.2 Å². The quantitative estimate of drug-likeness (QED) is 0.425. The molecule has 2 N–H and O–H groups in total. The van der Waals surface area contributed by atoms with Gasteiger partial charge in [-0.05, 0) is 0 Å². The van der Waals surface area contributed by atoms with E-state index in [1.807, 2.05) is 0 Å². The fraction of sp³-hybridized carbons (Fsp3) is 0.167. The Morgan fingerprint density at radius 3 is 2.33 bits per heavy atom. The maximum atomic E-state index is 13.7. The zero-order chi connectivity index (χ0) is 18.0. The molecular formula is C12H9FN4O7. The van der Waals surface area contributed by atoms with Gasteiger partial charge in [0.15, 0.2) is 0 Å². The SMILES string of the molecule is O=C1C=C(Nc2cc(F)c([N+](=O)[O-])cc2[N+](=O)[O-])C(=O)N1CCO. The number of imide groups is 1. The largest absolute Gasteiger partial charge is 0.395 e. The van der Waals surface area contributed by atoms with E-state index in [1.165, 1.54) is 0 Å². The number of nitro groups is 2. The summed E-state index contributed by atoms with van der Waals surface area (Å²) in [4.78, 5) is 43.7. The lowest BCUT2D eigenvalue weighted by atomic mass is 10.2. The van der Waals surface area contributed by atoms with Gasteiger partial charge in [-0.1, -0.05) is 0 Å². The van der Waals surface area contributed by atoms with Crippen LogP contribution in [-0.2, 0) is 9.59 Å². The number of carbonyl (C=O) groups excluding carboxylic acids is 2. The average molecular weight is 340 g/mol. The molecule has 0 saturated heterocycles. The van der Waals surface area contributed by atoms with Crippen molar-refractivity contribution in [3.05, 3.63) is 50.0 Å². The number of nitro benzene ring substituents is 2. The van der Waals surface area contributed by atoms with Crippen LogP contribution in [0.1, 0.15) is 0 Å². The molecule has 126 valence electrons. The number of hydrogen-bond acceptors (Lipinski definition) is 8. The first-order chi connectivity index (χ1) is 11.3. The van der Waals surface area contributed by atoms with Crippen molar-refractivity contribution in [2.45, 2.75) is 0 Å². The lowest BCUT2D eigenvalue weighted by Crippen LogP contribution is -2.34. The van der Waals surface area contributed by atoms with Crippen LogP contribution >= 0.6 is 0 Å². The van der Waals surface area contributed by atoms with E-state index in [4.69, 9.17) is 5.11 Å². The van der Waals surface area contributed by atoms with Gasteiger partial charge in [0.1, 0.15) is 11.4 Å². The minimum absolute atomic E-state index is 0.282. The highest BCUT2D eigenvalue weighted by Gasteiger charge is 2.33. The zero-order valence-corrected chi connectivity index (χ0v) is 11.8. The summed E-state index contributed by atoms with van der Waals surface area (Å²) in [6.07, 6.45) is 0.820. The van der Waals surface area contributed by atoms with Crippen LogP contribution in [0.15, 0.2) is 23.9 Å². The summed E-state index contributed by atoms with van der Waals surface area (Å²) in [6, 6.07) is 0.897. The number of hydrogen-bond donors (Lipinski definition) is 2. The second kappa shape index (κ2) is 6.37. The molecule has 0 fully saturated rings. The summed E-state index contributed by atoms with van der Waals surface area (Å²) in [7, 11) is 0. The minimum atomic E-state index is -1.35. The van der Waals surface area contributed by atoms with Crippen molar-refractivity contribution < 1.29 is 28.9 Å². The molecule has 0 unspecified atom stereocenters. The number of halogens is 1. The number of nitrogens with one attached hydrogen (secondary N) is 1. The number of aliphatic hydroxyl groups is 1. The molecule has 1 aromatic carbocycles. The van der Waals surface area contributed by atoms with Gasteiger partial charge in [0.05, 0.1) is 29.1 Å². The molecule has 11 nitrogen and oxygen atoms in total. The van der Waals surface area contributed by atoms with Crippen molar-refractivity contribution >= 4 is 28.9 Å². The van der Waals surface area contributed by atoms with Gasteiger partial charge in [-0.25, -0.2) is 0 Å². The van der Waals surface area contributed by atoms with E-state index in [9.17, 15) is 34.2 Å². The zero-order valence-electron chi connectivity index (χ0n) is 11.8. The van der Waals surface area contributed by atoms with E-state index in [0.717, 1.165) is 6.08 Å². The first-order valence-electron chi connectivity index (χ1n) is 6.34. The number of nitrogens with zero attached hydrogens (tertiary/aromatic N) is 3. The predicted octanol–water partition coefficient (Wildman–Crippen LogP) is 0.299. The third-order valence-electron chi connectivity index (χ3n) is 3.06. The number of β-amino-alcohol motifs (C(OH)–C–C–N with tert-alkyl or cyclic N) is 1. The van der Waals surface area contributed by atoms with E-state index in [2.05, 4.69) is 5.32 Å². The summed E-state index contributed by atoms with van der Waals surface area (Å²) < 4.78 is 13.7. The molecule has 0 bridgehead atoms. The highest BCUT2D eigenvalue weighted by molar-refractivity contribution is 6.17. The van der Waals surface area contributed by atoms with Crippen LogP contribution in [0.2, 0.25) is 0 Å². The Kier molecular flexibility index (Phi) is 4.50. The van der Waals surface area contributed by atoms with E-state index in [0.29, 0.717) is 17.0 Å². The minimum Gasteiger partial charge on any atom is -0.395 e. The first-order valence-corrected chi connectivity index (χ1v) is 6.34. The third kappa shape index (κ3) is 3.03. The van der Waals surface area contributed by atoms with Gasteiger partial charge in [0.2, 0.25) is 5.82 Å². The van der Waals surface area contributed by atoms with Crippen LogP contribution in [0.3, 0.4) is 0 Å². The molecule has 1 aliphatic rings. The standard InChI is InChI=1S/C12H9FN4O7/c13-6-3-7(10(17(23)24)5-9(6)16(21)22)14-8-4-11(19)15(1-2-18)12(8)20/h3-5,14,18H,1-2H2. The van der Waals surface area contributed by atoms with Crippen LogP contribution in [-0.4, -0.2) is 44.8 Å². The molecule has 12 heteroatoms.